The maximum absolute atomic E-state index is 12.4. The first-order valence-electron chi connectivity index (χ1n) is 6.83. The third-order valence-electron chi connectivity index (χ3n) is 3.17. The number of rotatable bonds is 7. The van der Waals surface area contributed by atoms with Gasteiger partial charge in [-0.15, -0.1) is 11.3 Å². The Bertz CT molecular complexity index is 665. The Kier molecular flexibility index (Phi) is 5.52. The van der Waals surface area contributed by atoms with Crippen LogP contribution in [0.3, 0.4) is 0 Å². The number of nitrogens with one attached hydrogen (secondary N) is 1. The third kappa shape index (κ3) is 4.14. The summed E-state index contributed by atoms with van der Waals surface area (Å²) in [6, 6.07) is 12.7. The number of benzene rings is 1. The van der Waals surface area contributed by atoms with E-state index >= 15 is 0 Å². The minimum Gasteiger partial charge on any atom is -0.396 e. The van der Waals surface area contributed by atoms with Crippen molar-refractivity contribution in [2.75, 3.05) is 6.61 Å². The van der Waals surface area contributed by atoms with Gasteiger partial charge in [0.1, 0.15) is 4.21 Å². The van der Waals surface area contributed by atoms with Crippen molar-refractivity contribution in [2.45, 2.75) is 30.0 Å². The largest absolute Gasteiger partial charge is 0.396 e. The molecule has 0 bridgehead atoms. The van der Waals surface area contributed by atoms with Crippen LogP contribution in [-0.4, -0.2) is 20.1 Å². The SMILES string of the molecule is CCC(NS(=O)(=O)c1ccc(CCO)s1)c1ccccc1. The van der Waals surface area contributed by atoms with Crippen molar-refractivity contribution in [3.05, 3.63) is 52.9 Å². The standard InChI is InChI=1S/C15H19NO3S2/c1-2-14(12-6-4-3-5-7-12)16-21(18,19)15-9-8-13(20-15)10-11-17/h3-9,14,16-17H,2,10-11H2,1H3. The van der Waals surface area contributed by atoms with Crippen LogP contribution in [-0.2, 0) is 16.4 Å². The summed E-state index contributed by atoms with van der Waals surface area (Å²) in [5.41, 5.74) is 0.954. The quantitative estimate of drug-likeness (QED) is 0.822. The fourth-order valence-electron chi connectivity index (χ4n) is 2.07. The summed E-state index contributed by atoms with van der Waals surface area (Å²) >= 11 is 1.20. The van der Waals surface area contributed by atoms with Gasteiger partial charge in [-0.3, -0.25) is 0 Å². The molecule has 0 fully saturated rings. The second-order valence-electron chi connectivity index (χ2n) is 4.69. The molecule has 0 radical (unpaired) electrons. The molecule has 6 heteroatoms. The summed E-state index contributed by atoms with van der Waals surface area (Å²) in [5, 5.41) is 8.91. The molecular weight excluding hydrogens is 306 g/mol. The van der Waals surface area contributed by atoms with Crippen LogP contribution in [0.5, 0.6) is 0 Å². The fourth-order valence-corrected chi connectivity index (χ4v) is 4.73. The molecular formula is C15H19NO3S2. The molecule has 21 heavy (non-hydrogen) atoms. The number of thiophene rings is 1. The summed E-state index contributed by atoms with van der Waals surface area (Å²) < 4.78 is 27.9. The van der Waals surface area contributed by atoms with Crippen molar-refractivity contribution >= 4 is 21.4 Å². The highest BCUT2D eigenvalue weighted by Crippen LogP contribution is 2.25. The Morgan fingerprint density at radius 3 is 2.52 bits per heavy atom. The fraction of sp³-hybridized carbons (Fsp3) is 0.333. The van der Waals surface area contributed by atoms with Gasteiger partial charge in [-0.25, -0.2) is 13.1 Å². The summed E-state index contributed by atoms with van der Waals surface area (Å²) in [6.45, 7) is 1.97. The maximum Gasteiger partial charge on any atom is 0.250 e. The van der Waals surface area contributed by atoms with Crippen LogP contribution in [0, 0.1) is 0 Å². The molecule has 0 aliphatic rings. The average molecular weight is 325 g/mol. The van der Waals surface area contributed by atoms with Gasteiger partial charge in [-0.2, -0.15) is 0 Å². The summed E-state index contributed by atoms with van der Waals surface area (Å²) in [6.07, 6.45) is 1.16. The van der Waals surface area contributed by atoms with Gasteiger partial charge in [-0.1, -0.05) is 37.3 Å². The molecule has 1 aromatic carbocycles. The molecule has 2 rings (SSSR count). The Morgan fingerprint density at radius 2 is 1.90 bits per heavy atom. The highest BCUT2D eigenvalue weighted by atomic mass is 32.2. The van der Waals surface area contributed by atoms with Gasteiger partial charge in [0.25, 0.3) is 10.0 Å². The minimum atomic E-state index is -3.53. The first-order chi connectivity index (χ1) is 10.1. The number of aliphatic hydroxyl groups excluding tert-OH is 1. The van der Waals surface area contributed by atoms with Gasteiger partial charge in [-0.05, 0) is 24.1 Å². The van der Waals surface area contributed by atoms with E-state index in [0.29, 0.717) is 17.1 Å². The molecule has 1 atom stereocenters. The second kappa shape index (κ2) is 7.17. The van der Waals surface area contributed by atoms with E-state index in [9.17, 15) is 8.42 Å². The number of aliphatic hydroxyl groups is 1. The lowest BCUT2D eigenvalue weighted by molar-refractivity contribution is 0.300. The van der Waals surface area contributed by atoms with E-state index in [-0.39, 0.29) is 12.6 Å². The van der Waals surface area contributed by atoms with Crippen molar-refractivity contribution in [3.63, 3.8) is 0 Å². The van der Waals surface area contributed by atoms with Crippen molar-refractivity contribution in [3.8, 4) is 0 Å². The molecule has 0 spiro atoms. The van der Waals surface area contributed by atoms with Crippen molar-refractivity contribution < 1.29 is 13.5 Å². The zero-order chi connectivity index (χ0) is 15.3. The van der Waals surface area contributed by atoms with Gasteiger partial charge < -0.3 is 5.11 Å². The second-order valence-corrected chi connectivity index (χ2v) is 7.80. The lowest BCUT2D eigenvalue weighted by Crippen LogP contribution is -2.27. The van der Waals surface area contributed by atoms with Crippen LogP contribution in [0.4, 0.5) is 0 Å². The molecule has 0 saturated heterocycles. The summed E-state index contributed by atoms with van der Waals surface area (Å²) in [4.78, 5) is 0.866. The van der Waals surface area contributed by atoms with Crippen LogP contribution < -0.4 is 4.72 Å². The molecule has 2 aromatic rings. The van der Waals surface area contributed by atoms with E-state index in [0.717, 1.165) is 10.4 Å². The van der Waals surface area contributed by atoms with Crippen molar-refractivity contribution in [1.82, 2.24) is 4.72 Å². The average Bonchev–Trinajstić information content (AvgIpc) is 2.96. The Hall–Kier alpha value is -1.21. The van der Waals surface area contributed by atoms with Gasteiger partial charge in [0.05, 0.1) is 0 Å². The van der Waals surface area contributed by atoms with Crippen LogP contribution >= 0.6 is 11.3 Å². The van der Waals surface area contributed by atoms with Gasteiger partial charge in [0.15, 0.2) is 0 Å². The number of hydrogen-bond donors (Lipinski definition) is 2. The van der Waals surface area contributed by atoms with Crippen LogP contribution in [0.1, 0.15) is 29.8 Å². The highest BCUT2D eigenvalue weighted by Gasteiger charge is 2.21. The molecule has 0 aliphatic carbocycles. The van der Waals surface area contributed by atoms with Gasteiger partial charge in [0, 0.05) is 23.9 Å². The lowest BCUT2D eigenvalue weighted by Gasteiger charge is -2.16. The Balaban J connectivity index is 2.19. The zero-order valence-corrected chi connectivity index (χ0v) is 13.5. The van der Waals surface area contributed by atoms with Crippen LogP contribution in [0.25, 0.3) is 0 Å². The molecule has 1 aromatic heterocycles. The predicted octanol–water partition coefficient (Wildman–Crippen LogP) is 2.71. The normalized spacial score (nSPS) is 13.2. The molecule has 1 heterocycles. The van der Waals surface area contributed by atoms with Crippen molar-refractivity contribution in [1.29, 1.82) is 0 Å². The Morgan fingerprint density at radius 1 is 1.19 bits per heavy atom. The molecule has 1 unspecified atom stereocenters. The number of sulfonamides is 1. The third-order valence-corrected chi connectivity index (χ3v) is 6.28. The molecule has 4 nitrogen and oxygen atoms in total. The van der Waals surface area contributed by atoms with E-state index < -0.39 is 10.0 Å². The zero-order valence-electron chi connectivity index (χ0n) is 11.8. The molecule has 0 aliphatic heterocycles. The van der Waals surface area contributed by atoms with Gasteiger partial charge in [0.2, 0.25) is 0 Å². The van der Waals surface area contributed by atoms with Crippen molar-refractivity contribution in [2.24, 2.45) is 0 Å². The van der Waals surface area contributed by atoms with Crippen LogP contribution in [0.15, 0.2) is 46.7 Å². The summed E-state index contributed by atoms with van der Waals surface area (Å²) in [5.74, 6) is 0. The van der Waals surface area contributed by atoms with Crippen LogP contribution in [0.2, 0.25) is 0 Å². The first-order valence-corrected chi connectivity index (χ1v) is 9.13. The molecule has 2 N–H and O–H groups in total. The number of hydrogen-bond acceptors (Lipinski definition) is 4. The monoisotopic (exact) mass is 325 g/mol. The van der Waals surface area contributed by atoms with E-state index in [2.05, 4.69) is 4.72 Å². The van der Waals surface area contributed by atoms with E-state index in [1.165, 1.54) is 11.3 Å². The minimum absolute atomic E-state index is 0.0228. The topological polar surface area (TPSA) is 66.4 Å². The Labute approximate surface area is 129 Å². The molecule has 114 valence electrons. The molecule has 0 amide bonds. The maximum atomic E-state index is 12.4. The van der Waals surface area contributed by atoms with E-state index in [1.54, 1.807) is 12.1 Å². The lowest BCUT2D eigenvalue weighted by atomic mass is 10.1. The predicted molar refractivity (Wildman–Crippen MR) is 84.9 cm³/mol. The molecule has 0 saturated carbocycles. The highest BCUT2D eigenvalue weighted by molar-refractivity contribution is 7.91. The summed E-state index contributed by atoms with van der Waals surface area (Å²) in [7, 11) is -3.53. The smallest absolute Gasteiger partial charge is 0.250 e. The van der Waals surface area contributed by atoms with E-state index in [1.807, 2.05) is 37.3 Å². The first kappa shape index (κ1) is 16.2. The van der Waals surface area contributed by atoms with E-state index in [4.69, 9.17) is 5.11 Å². The van der Waals surface area contributed by atoms with Gasteiger partial charge >= 0.3 is 0 Å².